The van der Waals surface area contributed by atoms with E-state index in [1.54, 1.807) is 20.8 Å². The summed E-state index contributed by atoms with van der Waals surface area (Å²) in [6.45, 7) is 5.90. The number of rotatable bonds is 3. The van der Waals surface area contributed by atoms with Crippen LogP contribution in [0.3, 0.4) is 0 Å². The zero-order valence-electron chi connectivity index (χ0n) is 14.2. The van der Waals surface area contributed by atoms with Gasteiger partial charge in [-0.15, -0.1) is 0 Å². The first-order chi connectivity index (χ1) is 11.5. The first-order valence-electron chi connectivity index (χ1n) is 7.59. The van der Waals surface area contributed by atoms with Gasteiger partial charge in [-0.1, -0.05) is 0 Å². The molecule has 2 heterocycles. The molecular weight excluding hydrogens is 352 g/mol. The molecule has 0 bridgehead atoms. The lowest BCUT2D eigenvalue weighted by molar-refractivity contribution is -0.389. The molecule has 138 valence electrons. The molecule has 2 rings (SSSR count). The third kappa shape index (κ3) is 4.63. The molecule has 0 radical (unpaired) electrons. The predicted molar refractivity (Wildman–Crippen MR) is 87.5 cm³/mol. The van der Waals surface area contributed by atoms with Crippen molar-refractivity contribution in [2.45, 2.75) is 31.3 Å². The number of piperazine rings is 1. The molecule has 0 aromatic carbocycles. The Kier molecular flexibility index (Phi) is 5.28. The Morgan fingerprint density at radius 1 is 1.24 bits per heavy atom. The molecule has 1 amide bonds. The lowest BCUT2D eigenvalue weighted by atomic mass is 10.2. The molecule has 0 aliphatic carbocycles. The van der Waals surface area contributed by atoms with Crippen LogP contribution in [0.15, 0.2) is 23.2 Å². The maximum atomic E-state index is 12.6. The summed E-state index contributed by atoms with van der Waals surface area (Å²) >= 11 is 0. The van der Waals surface area contributed by atoms with E-state index >= 15 is 0 Å². The van der Waals surface area contributed by atoms with Crippen LogP contribution < -0.4 is 0 Å². The summed E-state index contributed by atoms with van der Waals surface area (Å²) in [6, 6.07) is 2.20. The molecule has 25 heavy (non-hydrogen) atoms. The van der Waals surface area contributed by atoms with Crippen molar-refractivity contribution in [2.24, 2.45) is 0 Å². The largest absolute Gasteiger partial charge is 0.444 e. The molecule has 1 aromatic heterocycles. The minimum atomic E-state index is -3.82. The third-order valence-electron chi connectivity index (χ3n) is 3.44. The Morgan fingerprint density at radius 2 is 1.84 bits per heavy atom. The number of nitrogens with zero attached hydrogens (tertiary/aromatic N) is 4. The van der Waals surface area contributed by atoms with E-state index in [9.17, 15) is 23.3 Å². The summed E-state index contributed by atoms with van der Waals surface area (Å²) in [5, 5.41) is 10.6. The van der Waals surface area contributed by atoms with Crippen molar-refractivity contribution in [3.8, 4) is 0 Å². The van der Waals surface area contributed by atoms with Crippen LogP contribution in [0.2, 0.25) is 0 Å². The summed E-state index contributed by atoms with van der Waals surface area (Å²) in [5.41, 5.74) is -0.620. The average molecular weight is 372 g/mol. The van der Waals surface area contributed by atoms with Gasteiger partial charge in [-0.2, -0.15) is 4.31 Å². The number of amides is 1. The summed E-state index contributed by atoms with van der Waals surface area (Å²) in [4.78, 5) is 26.8. The summed E-state index contributed by atoms with van der Waals surface area (Å²) in [5.74, 6) is -0.423. The second kappa shape index (κ2) is 6.92. The number of nitro groups is 1. The van der Waals surface area contributed by atoms with Crippen molar-refractivity contribution in [3.05, 3.63) is 28.4 Å². The highest BCUT2D eigenvalue weighted by atomic mass is 32.2. The van der Waals surface area contributed by atoms with Gasteiger partial charge in [-0.05, 0) is 36.7 Å². The maximum absolute atomic E-state index is 12.6. The first kappa shape index (κ1) is 19.1. The van der Waals surface area contributed by atoms with Crippen molar-refractivity contribution in [1.82, 2.24) is 14.2 Å². The number of aromatic nitrogens is 1. The minimum absolute atomic E-state index is 0.110. The number of hydrogen-bond acceptors (Lipinski definition) is 7. The fourth-order valence-corrected chi connectivity index (χ4v) is 3.59. The van der Waals surface area contributed by atoms with Gasteiger partial charge in [0.2, 0.25) is 10.0 Å². The van der Waals surface area contributed by atoms with Crippen LogP contribution in [0.4, 0.5) is 10.6 Å². The highest BCUT2D eigenvalue weighted by molar-refractivity contribution is 7.89. The second-order valence-electron chi connectivity index (χ2n) is 6.48. The van der Waals surface area contributed by atoms with Gasteiger partial charge in [0.1, 0.15) is 10.5 Å². The highest BCUT2D eigenvalue weighted by Crippen LogP contribution is 2.19. The quantitative estimate of drug-likeness (QED) is 0.577. The Bertz CT molecular complexity index is 749. The molecule has 0 N–H and O–H groups in total. The van der Waals surface area contributed by atoms with Gasteiger partial charge in [0.15, 0.2) is 6.20 Å². The van der Waals surface area contributed by atoms with Gasteiger partial charge in [-0.3, -0.25) is 0 Å². The SMILES string of the molecule is CC(C)(C)OC(=O)N1CCN(S(=O)(=O)c2ccc([N+](=O)[O-])nc2)CC1. The zero-order chi connectivity index (χ0) is 18.8. The average Bonchev–Trinajstić information content (AvgIpc) is 2.53. The molecule has 1 fully saturated rings. The number of sulfonamides is 1. The van der Waals surface area contributed by atoms with E-state index < -0.39 is 32.5 Å². The number of carbonyl (C=O) groups is 1. The van der Waals surface area contributed by atoms with Crippen molar-refractivity contribution in [2.75, 3.05) is 26.2 Å². The molecule has 1 saturated heterocycles. The Morgan fingerprint density at radius 3 is 2.28 bits per heavy atom. The van der Waals surface area contributed by atoms with Gasteiger partial charge in [-0.25, -0.2) is 13.2 Å². The molecule has 0 spiro atoms. The van der Waals surface area contributed by atoms with Gasteiger partial charge < -0.3 is 19.8 Å². The smallest absolute Gasteiger partial charge is 0.410 e. The second-order valence-corrected chi connectivity index (χ2v) is 8.42. The molecule has 1 aliphatic heterocycles. The summed E-state index contributed by atoms with van der Waals surface area (Å²) in [6.07, 6.45) is 0.481. The van der Waals surface area contributed by atoms with Crippen molar-refractivity contribution in [3.63, 3.8) is 0 Å². The lowest BCUT2D eigenvalue weighted by Crippen LogP contribution is -2.51. The van der Waals surface area contributed by atoms with Crippen LogP contribution in [0, 0.1) is 10.1 Å². The van der Waals surface area contributed by atoms with E-state index in [2.05, 4.69) is 4.98 Å². The van der Waals surface area contributed by atoms with E-state index in [0.717, 1.165) is 18.3 Å². The number of ether oxygens (including phenoxy) is 1. The highest BCUT2D eigenvalue weighted by Gasteiger charge is 2.32. The number of pyridine rings is 1. The molecule has 0 unspecified atom stereocenters. The van der Waals surface area contributed by atoms with Crippen LogP contribution in [0.5, 0.6) is 0 Å². The maximum Gasteiger partial charge on any atom is 0.410 e. The fraction of sp³-hybridized carbons (Fsp3) is 0.571. The zero-order valence-corrected chi connectivity index (χ0v) is 15.0. The van der Waals surface area contributed by atoms with Crippen molar-refractivity contribution < 1.29 is 22.9 Å². The van der Waals surface area contributed by atoms with Crippen molar-refractivity contribution >= 4 is 21.9 Å². The summed E-state index contributed by atoms with van der Waals surface area (Å²) < 4.78 is 31.6. The predicted octanol–water partition coefficient (Wildman–Crippen LogP) is 1.23. The van der Waals surface area contributed by atoms with Gasteiger partial charge in [0.25, 0.3) is 0 Å². The molecule has 10 nitrogen and oxygen atoms in total. The van der Waals surface area contributed by atoms with E-state index in [1.807, 2.05) is 0 Å². The van der Waals surface area contributed by atoms with Gasteiger partial charge in [0.05, 0.1) is 0 Å². The Hall–Kier alpha value is -2.27. The van der Waals surface area contributed by atoms with Crippen molar-refractivity contribution in [1.29, 1.82) is 0 Å². The summed E-state index contributed by atoms with van der Waals surface area (Å²) in [7, 11) is -3.82. The van der Waals surface area contributed by atoms with Gasteiger partial charge in [0, 0.05) is 32.2 Å². The van der Waals surface area contributed by atoms with Crippen LogP contribution in [0.1, 0.15) is 20.8 Å². The van der Waals surface area contributed by atoms with Crippen LogP contribution in [-0.2, 0) is 14.8 Å². The first-order valence-corrected chi connectivity index (χ1v) is 9.03. The molecule has 0 saturated carbocycles. The molecule has 1 aliphatic rings. The van der Waals surface area contributed by atoms with E-state index in [1.165, 1.54) is 9.21 Å². The fourth-order valence-electron chi connectivity index (χ4n) is 2.22. The normalized spacial score (nSPS) is 16.5. The van der Waals surface area contributed by atoms with Crippen LogP contribution >= 0.6 is 0 Å². The minimum Gasteiger partial charge on any atom is -0.444 e. The van der Waals surface area contributed by atoms with E-state index in [-0.39, 0.29) is 31.1 Å². The van der Waals surface area contributed by atoms with Gasteiger partial charge >= 0.3 is 11.9 Å². The van der Waals surface area contributed by atoms with Crippen LogP contribution in [-0.4, -0.2) is 65.4 Å². The van der Waals surface area contributed by atoms with E-state index in [4.69, 9.17) is 4.74 Å². The number of carbonyl (C=O) groups excluding carboxylic acids is 1. The molecule has 11 heteroatoms. The third-order valence-corrected chi connectivity index (χ3v) is 5.32. The van der Waals surface area contributed by atoms with Crippen LogP contribution in [0.25, 0.3) is 0 Å². The Balaban J connectivity index is 2.03. The Labute approximate surface area is 145 Å². The molecule has 1 aromatic rings. The number of hydrogen-bond donors (Lipinski definition) is 0. The van der Waals surface area contributed by atoms with E-state index in [0.29, 0.717) is 0 Å². The lowest BCUT2D eigenvalue weighted by Gasteiger charge is -2.34. The standard InChI is InChI=1S/C14H20N4O6S/c1-14(2,3)24-13(19)16-6-8-17(9-7-16)25(22,23)11-4-5-12(15-10-11)18(20)21/h4-5,10H,6-9H2,1-3H3. The molecule has 0 atom stereocenters. The monoisotopic (exact) mass is 372 g/mol. The topological polar surface area (TPSA) is 123 Å². The molecular formula is C14H20N4O6S.